The van der Waals surface area contributed by atoms with Gasteiger partial charge in [0.1, 0.15) is 10.6 Å². The van der Waals surface area contributed by atoms with Gasteiger partial charge in [0.25, 0.3) is 0 Å². The predicted molar refractivity (Wildman–Crippen MR) is 114 cm³/mol. The fourth-order valence-electron chi connectivity index (χ4n) is 4.15. The summed E-state index contributed by atoms with van der Waals surface area (Å²) in [7, 11) is -0.951. The van der Waals surface area contributed by atoms with E-state index in [1.165, 1.54) is 31.1 Å². The summed E-state index contributed by atoms with van der Waals surface area (Å²) in [6.07, 6.45) is 3.30. The first-order chi connectivity index (χ1) is 14.7. The zero-order valence-corrected chi connectivity index (χ0v) is 18.9. The van der Waals surface area contributed by atoms with Gasteiger partial charge >= 0.3 is 0 Å². The Hall–Kier alpha value is -2.46. The molecule has 1 saturated carbocycles. The molecule has 1 aliphatic carbocycles. The van der Waals surface area contributed by atoms with Gasteiger partial charge in [-0.1, -0.05) is 12.8 Å². The highest BCUT2D eigenvalue weighted by Crippen LogP contribution is 2.38. The number of imide groups is 1. The van der Waals surface area contributed by atoms with Crippen molar-refractivity contribution in [3.05, 3.63) is 18.2 Å². The van der Waals surface area contributed by atoms with Crippen molar-refractivity contribution in [3.8, 4) is 5.75 Å². The van der Waals surface area contributed by atoms with Gasteiger partial charge in [-0.3, -0.25) is 19.3 Å². The van der Waals surface area contributed by atoms with E-state index in [9.17, 15) is 22.8 Å². The summed E-state index contributed by atoms with van der Waals surface area (Å²) in [6.45, 7) is 2.07. The number of nitrogens with one attached hydrogen (secondary N) is 1. The van der Waals surface area contributed by atoms with Crippen LogP contribution < -0.4 is 10.1 Å². The normalized spacial score (nSPS) is 21.4. The molecule has 0 radical (unpaired) electrons. The van der Waals surface area contributed by atoms with Crippen molar-refractivity contribution >= 4 is 33.4 Å². The molecule has 3 rings (SSSR count). The second kappa shape index (κ2) is 9.35. The summed E-state index contributed by atoms with van der Waals surface area (Å²) in [4.78, 5) is 38.7. The SMILES string of the molecule is CCOc1ccc(NC(=O)CCN2C(=O)[C@@H]3CCCC[C@H]3C2=O)cc1S(=O)(=O)N(C)C. The molecule has 2 atom stereocenters. The minimum atomic E-state index is -3.78. The standard InChI is InChI=1S/C21H29N3O6S/c1-4-30-17-10-9-14(13-18(17)31(28,29)23(2)3)22-19(25)11-12-24-20(26)15-7-5-6-8-16(15)21(24)27/h9-10,13,15-16H,4-8,11-12H2,1-3H3,(H,22,25)/t15-,16-/m1/s1. The maximum atomic E-state index is 12.6. The zero-order valence-electron chi connectivity index (χ0n) is 18.1. The van der Waals surface area contributed by atoms with Crippen LogP contribution in [0.1, 0.15) is 39.0 Å². The van der Waals surface area contributed by atoms with Crippen molar-refractivity contribution in [1.82, 2.24) is 9.21 Å². The zero-order chi connectivity index (χ0) is 22.8. The van der Waals surface area contributed by atoms with Gasteiger partial charge < -0.3 is 10.1 Å². The molecule has 2 fully saturated rings. The van der Waals surface area contributed by atoms with Crippen LogP contribution in [0.25, 0.3) is 0 Å². The number of likely N-dealkylation sites (tertiary alicyclic amines) is 1. The van der Waals surface area contributed by atoms with E-state index < -0.39 is 15.9 Å². The van der Waals surface area contributed by atoms with E-state index >= 15 is 0 Å². The molecule has 0 bridgehead atoms. The molecule has 170 valence electrons. The fourth-order valence-corrected chi connectivity index (χ4v) is 5.20. The third kappa shape index (κ3) is 4.74. The van der Waals surface area contributed by atoms with Crippen LogP contribution in [0.4, 0.5) is 5.69 Å². The number of hydrogen-bond donors (Lipinski definition) is 1. The lowest BCUT2D eigenvalue weighted by Crippen LogP contribution is -2.34. The molecule has 1 N–H and O–H groups in total. The smallest absolute Gasteiger partial charge is 0.246 e. The predicted octanol–water partition coefficient (Wildman–Crippen LogP) is 1.84. The van der Waals surface area contributed by atoms with E-state index in [0.717, 1.165) is 30.0 Å². The molecule has 2 aliphatic rings. The quantitative estimate of drug-likeness (QED) is 0.604. The maximum Gasteiger partial charge on any atom is 0.246 e. The van der Waals surface area contributed by atoms with Crippen LogP contribution in [0.2, 0.25) is 0 Å². The number of benzene rings is 1. The largest absolute Gasteiger partial charge is 0.492 e. The molecule has 1 saturated heterocycles. The van der Waals surface area contributed by atoms with Crippen molar-refractivity contribution in [2.24, 2.45) is 11.8 Å². The van der Waals surface area contributed by atoms with Crippen molar-refractivity contribution in [1.29, 1.82) is 0 Å². The van der Waals surface area contributed by atoms with Gasteiger partial charge in [0.05, 0.1) is 18.4 Å². The lowest BCUT2D eigenvalue weighted by atomic mass is 9.81. The maximum absolute atomic E-state index is 12.6. The molecule has 1 aromatic rings. The average molecular weight is 452 g/mol. The number of anilines is 1. The first kappa shape index (κ1) is 23.2. The first-order valence-electron chi connectivity index (χ1n) is 10.5. The third-order valence-electron chi connectivity index (χ3n) is 5.78. The number of amides is 3. The summed E-state index contributed by atoms with van der Waals surface area (Å²) in [5.74, 6) is -1.05. The van der Waals surface area contributed by atoms with Gasteiger partial charge in [-0.25, -0.2) is 12.7 Å². The van der Waals surface area contributed by atoms with Crippen LogP contribution in [0, 0.1) is 11.8 Å². The van der Waals surface area contributed by atoms with Crippen LogP contribution in [-0.4, -0.2) is 62.6 Å². The van der Waals surface area contributed by atoms with E-state index in [1.54, 1.807) is 13.0 Å². The Labute approximate surface area is 182 Å². The first-order valence-corrected chi connectivity index (χ1v) is 11.9. The lowest BCUT2D eigenvalue weighted by Gasteiger charge is -2.19. The Morgan fingerprint density at radius 3 is 2.32 bits per heavy atom. The monoisotopic (exact) mass is 451 g/mol. The highest BCUT2D eigenvalue weighted by molar-refractivity contribution is 7.89. The van der Waals surface area contributed by atoms with E-state index in [2.05, 4.69) is 5.32 Å². The van der Waals surface area contributed by atoms with Gasteiger partial charge in [0, 0.05) is 32.7 Å². The van der Waals surface area contributed by atoms with Gasteiger partial charge in [-0.05, 0) is 38.0 Å². The van der Waals surface area contributed by atoms with Crippen LogP contribution in [0.5, 0.6) is 5.75 Å². The van der Waals surface area contributed by atoms with Crippen molar-refractivity contribution < 1.29 is 27.5 Å². The van der Waals surface area contributed by atoms with Crippen molar-refractivity contribution in [2.45, 2.75) is 43.9 Å². The van der Waals surface area contributed by atoms with Crippen LogP contribution in [-0.2, 0) is 24.4 Å². The molecule has 10 heteroatoms. The highest BCUT2D eigenvalue weighted by Gasteiger charge is 2.47. The summed E-state index contributed by atoms with van der Waals surface area (Å²) in [6, 6.07) is 4.39. The second-order valence-electron chi connectivity index (χ2n) is 8.01. The van der Waals surface area contributed by atoms with Crippen molar-refractivity contribution in [3.63, 3.8) is 0 Å². The number of carbonyl (C=O) groups is 3. The van der Waals surface area contributed by atoms with Gasteiger partial charge in [0.2, 0.25) is 27.7 Å². The fraction of sp³-hybridized carbons (Fsp3) is 0.571. The summed E-state index contributed by atoms with van der Waals surface area (Å²) in [5.41, 5.74) is 0.293. The number of ether oxygens (including phenoxy) is 1. The van der Waals surface area contributed by atoms with E-state index in [0.29, 0.717) is 12.3 Å². The molecule has 1 aromatic carbocycles. The highest BCUT2D eigenvalue weighted by atomic mass is 32.2. The number of sulfonamides is 1. The molecule has 0 aromatic heterocycles. The Balaban J connectivity index is 1.68. The van der Waals surface area contributed by atoms with E-state index in [1.807, 2.05) is 0 Å². The number of carbonyl (C=O) groups excluding carboxylic acids is 3. The molecule has 9 nitrogen and oxygen atoms in total. The molecule has 0 unspecified atom stereocenters. The molecule has 31 heavy (non-hydrogen) atoms. The molecule has 1 aliphatic heterocycles. The number of fused-ring (bicyclic) bond motifs is 1. The summed E-state index contributed by atoms with van der Waals surface area (Å²) in [5, 5.41) is 2.65. The van der Waals surface area contributed by atoms with Gasteiger partial charge in [0.15, 0.2) is 0 Å². The number of nitrogens with zero attached hydrogens (tertiary/aromatic N) is 2. The molecule has 3 amide bonds. The molecular formula is C21H29N3O6S. The third-order valence-corrected chi connectivity index (χ3v) is 7.62. The average Bonchev–Trinajstić information content (AvgIpc) is 2.98. The molecular weight excluding hydrogens is 422 g/mol. The summed E-state index contributed by atoms with van der Waals surface area (Å²) >= 11 is 0. The second-order valence-corrected chi connectivity index (χ2v) is 10.1. The molecule has 0 spiro atoms. The Kier molecular flexibility index (Phi) is 7.00. The Morgan fingerprint density at radius 2 is 1.77 bits per heavy atom. The van der Waals surface area contributed by atoms with Gasteiger partial charge in [-0.2, -0.15) is 0 Å². The molecule has 1 heterocycles. The lowest BCUT2D eigenvalue weighted by molar-refractivity contribution is -0.140. The summed E-state index contributed by atoms with van der Waals surface area (Å²) < 4.78 is 31.7. The van der Waals surface area contributed by atoms with E-state index in [-0.39, 0.29) is 47.3 Å². The van der Waals surface area contributed by atoms with Gasteiger partial charge in [-0.15, -0.1) is 0 Å². The number of rotatable bonds is 8. The Bertz CT molecular complexity index is 951. The number of hydrogen-bond acceptors (Lipinski definition) is 6. The minimum absolute atomic E-state index is 0.0242. The minimum Gasteiger partial charge on any atom is -0.492 e. The van der Waals surface area contributed by atoms with Crippen LogP contribution in [0.3, 0.4) is 0 Å². The van der Waals surface area contributed by atoms with Crippen LogP contribution in [0.15, 0.2) is 23.1 Å². The topological polar surface area (TPSA) is 113 Å². The van der Waals surface area contributed by atoms with Crippen LogP contribution >= 0.6 is 0 Å². The Morgan fingerprint density at radius 1 is 1.16 bits per heavy atom. The van der Waals surface area contributed by atoms with E-state index in [4.69, 9.17) is 4.74 Å². The van der Waals surface area contributed by atoms with Crippen molar-refractivity contribution in [2.75, 3.05) is 32.6 Å².